The van der Waals surface area contributed by atoms with Gasteiger partial charge in [0.05, 0.1) is 22.5 Å². The Bertz CT molecular complexity index is 838. The van der Waals surface area contributed by atoms with Crippen molar-refractivity contribution in [2.75, 3.05) is 0 Å². The summed E-state index contributed by atoms with van der Waals surface area (Å²) in [5.74, 6) is 0. The van der Waals surface area contributed by atoms with Crippen LogP contribution in [0.15, 0.2) is 36.5 Å². The topological polar surface area (TPSA) is 37.5 Å². The van der Waals surface area contributed by atoms with E-state index in [1.54, 1.807) is 0 Å². The fraction of sp³-hybridized carbons (Fsp3) is 0.278. The number of fused-ring (bicyclic) bond motifs is 1. The van der Waals surface area contributed by atoms with Crippen LogP contribution in [0.4, 0.5) is 0 Å². The van der Waals surface area contributed by atoms with Crippen molar-refractivity contribution in [1.29, 1.82) is 0 Å². The molecule has 2 heterocycles. The molecular weight excluding hydrogens is 296 g/mol. The molecule has 2 aromatic heterocycles. The van der Waals surface area contributed by atoms with Crippen molar-refractivity contribution in [3.05, 3.63) is 58.4 Å². The summed E-state index contributed by atoms with van der Waals surface area (Å²) in [4.78, 5) is 4.73. The highest BCUT2D eigenvalue weighted by Gasteiger charge is 2.21. The number of hydrogen-bond donors (Lipinski definition) is 1. The molecule has 3 nitrogen and oxygen atoms in total. The maximum Gasteiger partial charge on any atom is 0.137 e. The number of aliphatic hydroxyl groups is 1. The molecule has 1 N–H and O–H groups in total. The van der Waals surface area contributed by atoms with Crippen LogP contribution in [-0.4, -0.2) is 14.5 Å². The van der Waals surface area contributed by atoms with E-state index in [4.69, 9.17) is 16.6 Å². The lowest BCUT2D eigenvalue weighted by Gasteiger charge is -2.12. The number of benzene rings is 1. The monoisotopic (exact) mass is 314 g/mol. The minimum atomic E-state index is -0.579. The molecule has 114 valence electrons. The predicted octanol–water partition coefficient (Wildman–Crippen LogP) is 4.71. The number of pyridine rings is 1. The van der Waals surface area contributed by atoms with E-state index in [2.05, 4.69) is 32.0 Å². The van der Waals surface area contributed by atoms with Crippen LogP contribution in [0, 0.1) is 13.8 Å². The van der Waals surface area contributed by atoms with Gasteiger partial charge in [-0.3, -0.25) is 4.40 Å². The Morgan fingerprint density at radius 3 is 2.68 bits per heavy atom. The number of hydrogen-bond acceptors (Lipinski definition) is 2. The maximum absolute atomic E-state index is 10.5. The number of halogens is 1. The second kappa shape index (κ2) is 5.75. The molecule has 0 saturated carbocycles. The highest BCUT2D eigenvalue weighted by molar-refractivity contribution is 6.30. The third-order valence-electron chi connectivity index (χ3n) is 3.96. The lowest BCUT2D eigenvalue weighted by molar-refractivity contribution is 0.168. The van der Waals surface area contributed by atoms with Crippen LogP contribution >= 0.6 is 11.6 Å². The average Bonchev–Trinajstić information content (AvgIpc) is 2.84. The first kappa shape index (κ1) is 15.1. The zero-order chi connectivity index (χ0) is 15.9. The van der Waals surface area contributed by atoms with Gasteiger partial charge < -0.3 is 5.11 Å². The number of nitrogens with zero attached hydrogens (tertiary/aromatic N) is 2. The third-order valence-corrected chi connectivity index (χ3v) is 4.18. The highest BCUT2D eigenvalue weighted by Crippen LogP contribution is 2.33. The van der Waals surface area contributed by atoms with Crippen LogP contribution in [0.5, 0.6) is 0 Å². The van der Waals surface area contributed by atoms with E-state index in [1.165, 1.54) is 5.56 Å². The maximum atomic E-state index is 10.5. The van der Waals surface area contributed by atoms with E-state index < -0.39 is 6.10 Å². The second-order valence-corrected chi connectivity index (χ2v) is 6.10. The van der Waals surface area contributed by atoms with Crippen LogP contribution in [0.25, 0.3) is 16.9 Å². The molecule has 1 unspecified atom stereocenters. The molecule has 1 atom stereocenters. The Labute approximate surface area is 135 Å². The molecule has 0 radical (unpaired) electrons. The minimum absolute atomic E-state index is 0.579. The fourth-order valence-corrected chi connectivity index (χ4v) is 2.99. The summed E-state index contributed by atoms with van der Waals surface area (Å²) in [5.41, 5.74) is 5.83. The van der Waals surface area contributed by atoms with Crippen molar-refractivity contribution in [2.45, 2.75) is 33.3 Å². The van der Waals surface area contributed by atoms with Crippen LogP contribution in [0.1, 0.15) is 36.3 Å². The Hall–Kier alpha value is -1.84. The number of aromatic nitrogens is 2. The standard InChI is InChI=1S/C18H19ClN2O/c1-4-15(22)18-17(14-7-5-11(2)9-12(14)3)20-16-8-6-13(19)10-21(16)18/h5-10,15,22H,4H2,1-3H3. The number of aryl methyl sites for hydroxylation is 2. The molecular formula is C18H19ClN2O. The largest absolute Gasteiger partial charge is 0.387 e. The van der Waals surface area contributed by atoms with Gasteiger partial charge in [-0.15, -0.1) is 0 Å². The highest BCUT2D eigenvalue weighted by atomic mass is 35.5. The van der Waals surface area contributed by atoms with Gasteiger partial charge in [-0.25, -0.2) is 4.98 Å². The summed E-state index contributed by atoms with van der Waals surface area (Å²) in [5, 5.41) is 11.1. The molecule has 22 heavy (non-hydrogen) atoms. The zero-order valence-electron chi connectivity index (χ0n) is 13.0. The first-order valence-corrected chi connectivity index (χ1v) is 7.82. The summed E-state index contributed by atoms with van der Waals surface area (Å²) < 4.78 is 1.89. The molecule has 1 aromatic carbocycles. The molecule has 0 spiro atoms. The number of rotatable bonds is 3. The van der Waals surface area contributed by atoms with E-state index in [0.29, 0.717) is 11.4 Å². The van der Waals surface area contributed by atoms with Gasteiger partial charge in [0.15, 0.2) is 0 Å². The summed E-state index contributed by atoms with van der Waals surface area (Å²) >= 11 is 6.12. The van der Waals surface area contributed by atoms with Crippen molar-refractivity contribution in [3.63, 3.8) is 0 Å². The molecule has 0 fully saturated rings. The Morgan fingerprint density at radius 1 is 1.23 bits per heavy atom. The summed E-state index contributed by atoms with van der Waals surface area (Å²) in [7, 11) is 0. The lowest BCUT2D eigenvalue weighted by atomic mass is 10.00. The molecule has 0 aliphatic heterocycles. The Kier molecular flexibility index (Phi) is 3.94. The molecule has 0 aliphatic rings. The Morgan fingerprint density at radius 2 is 2.00 bits per heavy atom. The van der Waals surface area contributed by atoms with Crippen LogP contribution in [0.2, 0.25) is 5.02 Å². The van der Waals surface area contributed by atoms with Crippen molar-refractivity contribution in [3.8, 4) is 11.3 Å². The normalized spacial score (nSPS) is 12.8. The average molecular weight is 315 g/mol. The van der Waals surface area contributed by atoms with Crippen LogP contribution in [-0.2, 0) is 0 Å². The quantitative estimate of drug-likeness (QED) is 0.760. The summed E-state index contributed by atoms with van der Waals surface area (Å²) in [6, 6.07) is 9.97. The van der Waals surface area contributed by atoms with Gasteiger partial charge in [0.1, 0.15) is 5.65 Å². The molecule has 3 aromatic rings. The van der Waals surface area contributed by atoms with E-state index in [1.807, 2.05) is 29.7 Å². The smallest absolute Gasteiger partial charge is 0.137 e. The van der Waals surface area contributed by atoms with Gasteiger partial charge >= 0.3 is 0 Å². The van der Waals surface area contributed by atoms with E-state index in [-0.39, 0.29) is 0 Å². The van der Waals surface area contributed by atoms with Crippen molar-refractivity contribution >= 4 is 17.2 Å². The fourth-order valence-electron chi connectivity index (χ4n) is 2.83. The summed E-state index contributed by atoms with van der Waals surface area (Å²) in [6.45, 7) is 6.10. The van der Waals surface area contributed by atoms with Gasteiger partial charge in [-0.1, -0.05) is 42.3 Å². The molecule has 3 rings (SSSR count). The molecule has 4 heteroatoms. The van der Waals surface area contributed by atoms with Crippen LogP contribution in [0.3, 0.4) is 0 Å². The second-order valence-electron chi connectivity index (χ2n) is 5.66. The molecule has 0 saturated heterocycles. The SMILES string of the molecule is CCC(O)c1c(-c2ccc(C)cc2C)nc2ccc(Cl)cn12. The molecule has 0 aliphatic carbocycles. The molecule has 0 bridgehead atoms. The van der Waals surface area contributed by atoms with Gasteiger partial charge in [0.2, 0.25) is 0 Å². The van der Waals surface area contributed by atoms with Gasteiger partial charge in [0.25, 0.3) is 0 Å². The van der Waals surface area contributed by atoms with Crippen molar-refractivity contribution in [1.82, 2.24) is 9.38 Å². The predicted molar refractivity (Wildman–Crippen MR) is 90.4 cm³/mol. The number of aliphatic hydroxyl groups excluding tert-OH is 1. The third kappa shape index (κ3) is 2.51. The van der Waals surface area contributed by atoms with Crippen molar-refractivity contribution < 1.29 is 5.11 Å². The van der Waals surface area contributed by atoms with Gasteiger partial charge in [-0.2, -0.15) is 0 Å². The minimum Gasteiger partial charge on any atom is -0.387 e. The summed E-state index contributed by atoms with van der Waals surface area (Å²) in [6.07, 6.45) is 1.85. The van der Waals surface area contributed by atoms with Gasteiger partial charge in [0, 0.05) is 11.8 Å². The van der Waals surface area contributed by atoms with Crippen molar-refractivity contribution in [2.24, 2.45) is 0 Å². The Balaban J connectivity index is 2.32. The van der Waals surface area contributed by atoms with E-state index in [0.717, 1.165) is 28.2 Å². The lowest BCUT2D eigenvalue weighted by Crippen LogP contribution is -2.02. The first-order chi connectivity index (χ1) is 10.5. The number of imidazole rings is 1. The van der Waals surface area contributed by atoms with E-state index in [9.17, 15) is 5.11 Å². The zero-order valence-corrected chi connectivity index (χ0v) is 13.7. The first-order valence-electron chi connectivity index (χ1n) is 7.44. The molecule has 0 amide bonds. The van der Waals surface area contributed by atoms with E-state index >= 15 is 0 Å². The van der Waals surface area contributed by atoms with Crippen LogP contribution < -0.4 is 0 Å². The van der Waals surface area contributed by atoms with Gasteiger partial charge in [-0.05, 0) is 38.0 Å².